The minimum absolute atomic E-state index is 0. The van der Waals surface area contributed by atoms with E-state index in [1.54, 1.807) is 0 Å². The van der Waals surface area contributed by atoms with E-state index in [1.807, 2.05) is 22.6 Å². The van der Waals surface area contributed by atoms with Gasteiger partial charge in [-0.15, -0.1) is 0 Å². The van der Waals surface area contributed by atoms with Gasteiger partial charge < -0.3 is 6.53 Å². The molecular formula is C9H18IKO2. The summed E-state index contributed by atoms with van der Waals surface area (Å²) in [6, 6.07) is 0. The summed E-state index contributed by atoms with van der Waals surface area (Å²) < 4.78 is -0.191. The fraction of sp³-hybridized carbons (Fsp3) is 0.889. The van der Waals surface area contributed by atoms with Crippen LogP contribution in [0, 0.1) is 0 Å². The monoisotopic (exact) mass is 324 g/mol. The van der Waals surface area contributed by atoms with Gasteiger partial charge in [-0.25, -0.2) is 0 Å². The van der Waals surface area contributed by atoms with Crippen molar-refractivity contribution in [2.24, 2.45) is 0 Å². The summed E-state index contributed by atoms with van der Waals surface area (Å²) in [7, 11) is 0. The van der Waals surface area contributed by atoms with Gasteiger partial charge >= 0.3 is 57.4 Å². The van der Waals surface area contributed by atoms with Crippen molar-refractivity contribution in [2.45, 2.75) is 49.4 Å². The molecule has 0 saturated carbocycles. The topological polar surface area (TPSA) is 37.3 Å². The van der Waals surface area contributed by atoms with Gasteiger partial charge in [-0.3, -0.25) is 4.79 Å². The van der Waals surface area contributed by atoms with Crippen molar-refractivity contribution in [3.8, 4) is 0 Å². The second-order valence-electron chi connectivity index (χ2n) is 3.01. The van der Waals surface area contributed by atoms with E-state index in [0.717, 1.165) is 12.8 Å². The van der Waals surface area contributed by atoms with E-state index < -0.39 is 5.97 Å². The maximum atomic E-state index is 10.4. The smallest absolute Gasteiger partial charge is 1.00 e. The van der Waals surface area contributed by atoms with Crippen LogP contribution in [0.4, 0.5) is 0 Å². The molecule has 1 N–H and O–H groups in total. The minimum atomic E-state index is -0.675. The van der Waals surface area contributed by atoms with Crippen molar-refractivity contribution in [1.29, 1.82) is 0 Å². The molecule has 74 valence electrons. The van der Waals surface area contributed by atoms with Crippen LogP contribution in [0.3, 0.4) is 0 Å². The number of unbranched alkanes of at least 4 members (excludes halogenated alkanes) is 4. The van der Waals surface area contributed by atoms with Crippen LogP contribution < -0.4 is 51.4 Å². The fourth-order valence-electron chi connectivity index (χ4n) is 1.05. The molecule has 1 unspecified atom stereocenters. The molecule has 0 amide bonds. The van der Waals surface area contributed by atoms with Gasteiger partial charge in [0.05, 0.1) is 0 Å². The second-order valence-corrected chi connectivity index (χ2v) is 4.51. The number of carbonyl (C=O) groups is 1. The van der Waals surface area contributed by atoms with E-state index >= 15 is 0 Å². The van der Waals surface area contributed by atoms with Crippen LogP contribution in [0.1, 0.15) is 46.9 Å². The van der Waals surface area contributed by atoms with Gasteiger partial charge in [0.25, 0.3) is 0 Å². The second kappa shape index (κ2) is 11.9. The number of aliphatic carboxylic acids is 1. The molecule has 13 heavy (non-hydrogen) atoms. The number of hydrogen-bond donors (Lipinski definition) is 1. The Hall–Kier alpha value is 1.84. The van der Waals surface area contributed by atoms with E-state index in [9.17, 15) is 4.79 Å². The Kier molecular flexibility index (Phi) is 15.8. The van der Waals surface area contributed by atoms with Crippen LogP contribution in [0.2, 0.25) is 0 Å². The summed E-state index contributed by atoms with van der Waals surface area (Å²) in [6.07, 6.45) is 6.82. The molecule has 4 heteroatoms. The van der Waals surface area contributed by atoms with Crippen molar-refractivity contribution in [3.63, 3.8) is 0 Å². The molecular weight excluding hydrogens is 306 g/mol. The van der Waals surface area contributed by atoms with Crippen molar-refractivity contribution >= 4 is 28.6 Å². The van der Waals surface area contributed by atoms with Crippen molar-refractivity contribution in [3.05, 3.63) is 0 Å². The van der Waals surface area contributed by atoms with E-state index in [-0.39, 0.29) is 56.7 Å². The average molecular weight is 324 g/mol. The molecule has 0 aromatic carbocycles. The van der Waals surface area contributed by atoms with Crippen molar-refractivity contribution in [1.82, 2.24) is 0 Å². The average Bonchev–Trinajstić information content (AvgIpc) is 2.03. The third kappa shape index (κ3) is 11.8. The molecule has 0 radical (unpaired) electrons. The molecule has 1 atom stereocenters. The van der Waals surface area contributed by atoms with Crippen LogP contribution in [0.25, 0.3) is 0 Å². The number of halogens is 1. The predicted molar refractivity (Wildman–Crippen MR) is 59.9 cm³/mol. The van der Waals surface area contributed by atoms with Crippen LogP contribution >= 0.6 is 22.6 Å². The molecule has 0 aromatic rings. The summed E-state index contributed by atoms with van der Waals surface area (Å²) in [4.78, 5) is 10.4. The summed E-state index contributed by atoms with van der Waals surface area (Å²) in [6.45, 7) is 2.18. The predicted octanol–water partition coefficient (Wildman–Crippen LogP) is 0.352. The van der Waals surface area contributed by atoms with Gasteiger partial charge in [-0.1, -0.05) is 61.6 Å². The third-order valence-corrected chi connectivity index (χ3v) is 2.98. The molecule has 0 fully saturated rings. The normalized spacial score (nSPS) is 11.8. The molecule has 0 aliphatic rings. The number of carboxylic acid groups (broad SMARTS) is 1. The first-order valence-electron chi connectivity index (χ1n) is 4.55. The van der Waals surface area contributed by atoms with Crippen LogP contribution in [0.5, 0.6) is 0 Å². The first-order valence-corrected chi connectivity index (χ1v) is 5.80. The van der Waals surface area contributed by atoms with Crippen molar-refractivity contribution in [2.75, 3.05) is 0 Å². The number of rotatable bonds is 7. The Morgan fingerprint density at radius 1 is 1.38 bits per heavy atom. The first kappa shape index (κ1) is 17.2. The Labute approximate surface area is 138 Å². The van der Waals surface area contributed by atoms with Gasteiger partial charge in [-0.05, 0) is 6.42 Å². The zero-order valence-corrected chi connectivity index (χ0v) is 13.8. The number of alkyl halides is 1. The Morgan fingerprint density at radius 2 is 1.92 bits per heavy atom. The van der Waals surface area contributed by atoms with Gasteiger partial charge in [0, 0.05) is 0 Å². The number of hydrogen-bond acceptors (Lipinski definition) is 1. The molecule has 0 heterocycles. The SMILES string of the molecule is CCCCCCCC(I)C(=O)O.[H-].[K+]. The molecule has 2 nitrogen and oxygen atoms in total. The molecule has 0 saturated heterocycles. The first-order chi connectivity index (χ1) is 5.68. The fourth-order valence-corrected chi connectivity index (χ4v) is 1.49. The standard InChI is InChI=1S/C9H17IO2.K.H/c1-2-3-4-5-6-7-8(10)9(11)12;;/h8H,2-7H2,1H3,(H,11,12);;/q;+1;-1. The molecule has 0 aromatic heterocycles. The van der Waals surface area contributed by atoms with Crippen LogP contribution in [0.15, 0.2) is 0 Å². The Morgan fingerprint density at radius 3 is 2.38 bits per heavy atom. The molecule has 0 aliphatic carbocycles. The zero-order valence-electron chi connectivity index (χ0n) is 9.55. The number of carboxylic acids is 1. The summed E-state index contributed by atoms with van der Waals surface area (Å²) in [5.41, 5.74) is 0. The summed E-state index contributed by atoms with van der Waals surface area (Å²) >= 11 is 1.99. The van der Waals surface area contributed by atoms with Crippen LogP contribution in [-0.4, -0.2) is 15.0 Å². The quantitative estimate of drug-likeness (QED) is 0.318. The summed E-state index contributed by atoms with van der Waals surface area (Å²) in [5, 5.41) is 8.58. The van der Waals surface area contributed by atoms with E-state index in [4.69, 9.17) is 5.11 Å². The summed E-state index contributed by atoms with van der Waals surface area (Å²) in [5.74, 6) is -0.675. The largest absolute Gasteiger partial charge is 1.00 e. The third-order valence-electron chi connectivity index (χ3n) is 1.83. The molecule has 0 bridgehead atoms. The van der Waals surface area contributed by atoms with Crippen molar-refractivity contribution < 1.29 is 62.7 Å². The molecule has 0 rings (SSSR count). The maximum Gasteiger partial charge on any atom is 1.00 e. The zero-order chi connectivity index (χ0) is 9.40. The van der Waals surface area contributed by atoms with Gasteiger partial charge in [0.2, 0.25) is 0 Å². The van der Waals surface area contributed by atoms with Crippen LogP contribution in [-0.2, 0) is 4.79 Å². The van der Waals surface area contributed by atoms with E-state index in [2.05, 4.69) is 6.92 Å². The maximum absolute atomic E-state index is 10.4. The molecule has 0 spiro atoms. The Balaban J connectivity index is -0.000000605. The van der Waals surface area contributed by atoms with Gasteiger partial charge in [0.1, 0.15) is 3.92 Å². The van der Waals surface area contributed by atoms with Gasteiger partial charge in [0.15, 0.2) is 0 Å². The molecule has 0 aliphatic heterocycles. The van der Waals surface area contributed by atoms with E-state index in [1.165, 1.54) is 25.7 Å². The minimum Gasteiger partial charge on any atom is -1.00 e. The van der Waals surface area contributed by atoms with E-state index in [0.29, 0.717) is 0 Å². The Bertz CT molecular complexity index is 136. The van der Waals surface area contributed by atoms with Gasteiger partial charge in [-0.2, -0.15) is 0 Å².